The van der Waals surface area contributed by atoms with Crippen molar-refractivity contribution < 1.29 is 8.42 Å². The minimum absolute atomic E-state index is 0.132. The standard InChI is InChI=1S/C14H20N4O2S/c15-5-3-4-13-10-14(12-16-11-13)21(19,20)17-6-9-18-7-1-2-8-18/h10-12,17H,1-2,5-9,15H2. The molecule has 0 amide bonds. The quantitative estimate of drug-likeness (QED) is 0.733. The molecule has 6 nitrogen and oxygen atoms in total. The van der Waals surface area contributed by atoms with Gasteiger partial charge < -0.3 is 10.6 Å². The van der Waals surface area contributed by atoms with Gasteiger partial charge in [-0.15, -0.1) is 0 Å². The molecule has 3 N–H and O–H groups in total. The van der Waals surface area contributed by atoms with Gasteiger partial charge in [-0.3, -0.25) is 4.98 Å². The number of nitrogens with zero attached hydrogens (tertiary/aromatic N) is 2. The minimum Gasteiger partial charge on any atom is -0.320 e. The number of hydrogen-bond acceptors (Lipinski definition) is 5. The summed E-state index contributed by atoms with van der Waals surface area (Å²) in [5.74, 6) is 5.46. The molecule has 114 valence electrons. The number of aromatic nitrogens is 1. The molecule has 7 heteroatoms. The summed E-state index contributed by atoms with van der Waals surface area (Å²) in [6, 6.07) is 1.51. The van der Waals surface area contributed by atoms with E-state index in [9.17, 15) is 8.42 Å². The Morgan fingerprint density at radius 3 is 2.81 bits per heavy atom. The Bertz CT molecular complexity index is 628. The lowest BCUT2D eigenvalue weighted by Gasteiger charge is -2.14. The van der Waals surface area contributed by atoms with Gasteiger partial charge in [0, 0.05) is 31.0 Å². The van der Waals surface area contributed by atoms with Gasteiger partial charge in [0.1, 0.15) is 4.90 Å². The van der Waals surface area contributed by atoms with Crippen molar-refractivity contribution >= 4 is 10.0 Å². The highest BCUT2D eigenvalue weighted by Crippen LogP contribution is 2.09. The normalized spacial score (nSPS) is 15.7. The third kappa shape index (κ3) is 4.79. The van der Waals surface area contributed by atoms with Gasteiger partial charge in [0.25, 0.3) is 0 Å². The van der Waals surface area contributed by atoms with E-state index in [0.29, 0.717) is 12.1 Å². The molecule has 0 unspecified atom stereocenters. The zero-order chi connectivity index (χ0) is 15.1. The number of nitrogens with two attached hydrogens (primary N) is 1. The molecule has 21 heavy (non-hydrogen) atoms. The molecule has 1 aromatic heterocycles. The minimum atomic E-state index is -3.54. The molecule has 0 aliphatic carbocycles. The molecule has 0 radical (unpaired) electrons. The van der Waals surface area contributed by atoms with E-state index in [-0.39, 0.29) is 11.4 Å². The Morgan fingerprint density at radius 1 is 1.33 bits per heavy atom. The van der Waals surface area contributed by atoms with Crippen molar-refractivity contribution in [3.8, 4) is 11.8 Å². The molecule has 1 fully saturated rings. The lowest BCUT2D eigenvalue weighted by molar-refractivity contribution is 0.344. The summed E-state index contributed by atoms with van der Waals surface area (Å²) in [7, 11) is -3.54. The van der Waals surface area contributed by atoms with Gasteiger partial charge in [-0.1, -0.05) is 11.8 Å². The van der Waals surface area contributed by atoms with Crippen LogP contribution in [0.3, 0.4) is 0 Å². The third-order valence-electron chi connectivity index (χ3n) is 3.28. The highest BCUT2D eigenvalue weighted by atomic mass is 32.2. The van der Waals surface area contributed by atoms with Crippen molar-refractivity contribution in [2.24, 2.45) is 5.73 Å². The molecule has 1 aliphatic rings. The van der Waals surface area contributed by atoms with Gasteiger partial charge >= 0.3 is 0 Å². The molecule has 1 aromatic rings. The van der Waals surface area contributed by atoms with Crippen LogP contribution in [-0.2, 0) is 10.0 Å². The second-order valence-corrected chi connectivity index (χ2v) is 6.63. The second kappa shape index (κ2) is 7.52. The molecular weight excluding hydrogens is 288 g/mol. The maximum atomic E-state index is 12.2. The lowest BCUT2D eigenvalue weighted by atomic mass is 10.3. The zero-order valence-corrected chi connectivity index (χ0v) is 12.7. The lowest BCUT2D eigenvalue weighted by Crippen LogP contribution is -2.33. The Balaban J connectivity index is 1.97. The highest BCUT2D eigenvalue weighted by Gasteiger charge is 2.16. The average Bonchev–Trinajstić information content (AvgIpc) is 2.98. The molecule has 1 saturated heterocycles. The topological polar surface area (TPSA) is 88.3 Å². The maximum Gasteiger partial charge on any atom is 0.242 e. The van der Waals surface area contributed by atoms with Crippen LogP contribution >= 0.6 is 0 Å². The molecule has 0 bridgehead atoms. The van der Waals surface area contributed by atoms with Gasteiger partial charge in [0.05, 0.1) is 6.54 Å². The monoisotopic (exact) mass is 308 g/mol. The van der Waals surface area contributed by atoms with Gasteiger partial charge in [0.2, 0.25) is 10.0 Å². The highest BCUT2D eigenvalue weighted by molar-refractivity contribution is 7.89. The van der Waals surface area contributed by atoms with Crippen molar-refractivity contribution in [2.75, 3.05) is 32.7 Å². The first-order chi connectivity index (χ1) is 10.1. The SMILES string of the molecule is NCC#Cc1cncc(S(=O)(=O)NCCN2CCCC2)c1. The van der Waals surface area contributed by atoms with Crippen molar-refractivity contribution in [1.82, 2.24) is 14.6 Å². The summed E-state index contributed by atoms with van der Waals surface area (Å²) in [4.78, 5) is 6.30. The molecule has 0 saturated carbocycles. The number of sulfonamides is 1. The Hall–Kier alpha value is -1.46. The van der Waals surface area contributed by atoms with Crippen LogP contribution in [0.1, 0.15) is 18.4 Å². The van der Waals surface area contributed by atoms with Gasteiger partial charge in [-0.25, -0.2) is 13.1 Å². The van der Waals surface area contributed by atoms with E-state index in [1.807, 2.05) is 0 Å². The molecular formula is C14H20N4O2S. The smallest absolute Gasteiger partial charge is 0.242 e. The van der Waals surface area contributed by atoms with Crippen LogP contribution in [0.2, 0.25) is 0 Å². The average molecular weight is 308 g/mol. The summed E-state index contributed by atoms with van der Waals surface area (Å²) < 4.78 is 27.0. The van der Waals surface area contributed by atoms with Crippen LogP contribution < -0.4 is 10.5 Å². The van der Waals surface area contributed by atoms with Crippen LogP contribution in [-0.4, -0.2) is 51.0 Å². The summed E-state index contributed by atoms with van der Waals surface area (Å²) in [5.41, 5.74) is 5.84. The summed E-state index contributed by atoms with van der Waals surface area (Å²) >= 11 is 0. The number of pyridine rings is 1. The second-order valence-electron chi connectivity index (χ2n) is 4.86. The molecule has 1 aliphatic heterocycles. The van der Waals surface area contributed by atoms with Crippen molar-refractivity contribution in [2.45, 2.75) is 17.7 Å². The first-order valence-corrected chi connectivity index (χ1v) is 8.46. The molecule has 2 heterocycles. The fourth-order valence-electron chi connectivity index (χ4n) is 2.21. The fraction of sp³-hybridized carbons (Fsp3) is 0.500. The number of rotatable bonds is 5. The van der Waals surface area contributed by atoms with E-state index in [4.69, 9.17) is 5.73 Å². The van der Waals surface area contributed by atoms with E-state index in [1.54, 1.807) is 0 Å². The van der Waals surface area contributed by atoms with E-state index in [2.05, 4.69) is 26.4 Å². The predicted octanol–water partition coefficient (Wildman–Crippen LogP) is -0.234. The van der Waals surface area contributed by atoms with Crippen LogP contribution in [0.4, 0.5) is 0 Å². The Kier molecular flexibility index (Phi) is 5.70. The van der Waals surface area contributed by atoms with Gasteiger partial charge in [-0.05, 0) is 32.0 Å². The van der Waals surface area contributed by atoms with Gasteiger partial charge in [0.15, 0.2) is 0 Å². The number of nitrogens with one attached hydrogen (secondary N) is 1. The van der Waals surface area contributed by atoms with Crippen LogP contribution in [0.15, 0.2) is 23.4 Å². The molecule has 0 spiro atoms. The maximum absolute atomic E-state index is 12.2. The predicted molar refractivity (Wildman–Crippen MR) is 81.0 cm³/mol. The third-order valence-corrected chi connectivity index (χ3v) is 4.71. The van der Waals surface area contributed by atoms with Crippen LogP contribution in [0.5, 0.6) is 0 Å². The van der Waals surface area contributed by atoms with Crippen LogP contribution in [0.25, 0.3) is 0 Å². The van der Waals surface area contributed by atoms with Crippen molar-refractivity contribution in [3.05, 3.63) is 24.0 Å². The Morgan fingerprint density at radius 2 is 2.10 bits per heavy atom. The number of likely N-dealkylation sites (tertiary alicyclic amines) is 1. The van der Waals surface area contributed by atoms with E-state index in [1.165, 1.54) is 31.3 Å². The molecule has 0 atom stereocenters. The van der Waals surface area contributed by atoms with E-state index >= 15 is 0 Å². The Labute approximate surface area is 125 Å². The van der Waals surface area contributed by atoms with Gasteiger partial charge in [-0.2, -0.15) is 0 Å². The summed E-state index contributed by atoms with van der Waals surface area (Å²) in [6.07, 6.45) is 5.23. The van der Waals surface area contributed by atoms with E-state index in [0.717, 1.165) is 19.6 Å². The largest absolute Gasteiger partial charge is 0.320 e. The number of hydrogen-bond donors (Lipinski definition) is 2. The molecule has 2 rings (SSSR count). The van der Waals surface area contributed by atoms with Crippen molar-refractivity contribution in [1.29, 1.82) is 0 Å². The van der Waals surface area contributed by atoms with E-state index < -0.39 is 10.0 Å². The molecule has 0 aromatic carbocycles. The van der Waals surface area contributed by atoms with Crippen molar-refractivity contribution in [3.63, 3.8) is 0 Å². The fourth-order valence-corrected chi connectivity index (χ4v) is 3.22. The zero-order valence-electron chi connectivity index (χ0n) is 11.9. The first-order valence-electron chi connectivity index (χ1n) is 6.98. The summed E-state index contributed by atoms with van der Waals surface area (Å²) in [5, 5.41) is 0. The van der Waals surface area contributed by atoms with Crippen LogP contribution in [0, 0.1) is 11.8 Å². The first kappa shape index (κ1) is 15.9. The summed E-state index contributed by atoms with van der Waals surface area (Å²) in [6.45, 7) is 3.46.